The van der Waals surface area contributed by atoms with Crippen molar-refractivity contribution in [1.29, 1.82) is 0 Å². The Morgan fingerprint density at radius 3 is 1.85 bits per heavy atom. The zero-order valence-electron chi connectivity index (χ0n) is 13.4. The van der Waals surface area contributed by atoms with Crippen LogP contribution >= 0.6 is 0 Å². The molecule has 0 atom stereocenters. The van der Waals surface area contributed by atoms with Gasteiger partial charge >= 0.3 is 0 Å². The maximum Gasteiger partial charge on any atom is 0.150 e. The molecule has 1 fully saturated rings. The number of hydrogen-bond acceptors (Lipinski definition) is 2. The summed E-state index contributed by atoms with van der Waals surface area (Å²) in [6, 6.07) is 0. The second kappa shape index (κ2) is 10.6. The second-order valence-electron chi connectivity index (χ2n) is 6.57. The summed E-state index contributed by atoms with van der Waals surface area (Å²) in [6.07, 6.45) is 16.7. The highest BCUT2D eigenvalue weighted by Crippen LogP contribution is 2.31. The van der Waals surface area contributed by atoms with Crippen molar-refractivity contribution in [2.24, 2.45) is 5.92 Å². The molecular weight excluding hydrogens is 268 g/mol. The second-order valence-corrected chi connectivity index (χ2v) is 8.87. The van der Waals surface area contributed by atoms with Gasteiger partial charge in [0.15, 0.2) is 0 Å². The summed E-state index contributed by atoms with van der Waals surface area (Å²) in [5, 5.41) is 0. The standard InChI is InChI=1S/C17H34O2S/c1-2-15-20(18,19)16-10-8-6-4-3-5-7-9-12-17-13-11-14-17/h17H,2-16H2,1H3. The first kappa shape index (κ1) is 18.0. The number of hydrogen-bond donors (Lipinski definition) is 0. The van der Waals surface area contributed by atoms with Crippen molar-refractivity contribution in [1.82, 2.24) is 0 Å². The lowest BCUT2D eigenvalue weighted by Gasteiger charge is -2.24. The van der Waals surface area contributed by atoms with E-state index in [2.05, 4.69) is 0 Å². The van der Waals surface area contributed by atoms with E-state index in [-0.39, 0.29) is 0 Å². The fourth-order valence-electron chi connectivity index (χ4n) is 3.01. The largest absolute Gasteiger partial charge is 0.229 e. The van der Waals surface area contributed by atoms with Gasteiger partial charge in [0.1, 0.15) is 9.84 Å². The van der Waals surface area contributed by atoms with Crippen LogP contribution in [0.15, 0.2) is 0 Å². The molecule has 120 valence electrons. The summed E-state index contributed by atoms with van der Waals surface area (Å²) >= 11 is 0. The molecule has 0 aromatic rings. The van der Waals surface area contributed by atoms with E-state index in [4.69, 9.17) is 0 Å². The molecule has 0 N–H and O–H groups in total. The van der Waals surface area contributed by atoms with Crippen LogP contribution in [0.25, 0.3) is 0 Å². The summed E-state index contributed by atoms with van der Waals surface area (Å²) in [4.78, 5) is 0. The summed E-state index contributed by atoms with van der Waals surface area (Å²) in [6.45, 7) is 1.93. The minimum Gasteiger partial charge on any atom is -0.229 e. The topological polar surface area (TPSA) is 34.1 Å². The van der Waals surface area contributed by atoms with Crippen molar-refractivity contribution < 1.29 is 8.42 Å². The van der Waals surface area contributed by atoms with E-state index in [1.54, 1.807) is 0 Å². The van der Waals surface area contributed by atoms with E-state index in [1.807, 2.05) is 6.92 Å². The quantitative estimate of drug-likeness (QED) is 0.442. The van der Waals surface area contributed by atoms with E-state index in [0.29, 0.717) is 11.5 Å². The van der Waals surface area contributed by atoms with Gasteiger partial charge in [-0.05, 0) is 18.8 Å². The highest BCUT2D eigenvalue weighted by atomic mass is 32.2. The van der Waals surface area contributed by atoms with Crippen LogP contribution in [0.2, 0.25) is 0 Å². The van der Waals surface area contributed by atoms with Crippen molar-refractivity contribution in [3.8, 4) is 0 Å². The smallest absolute Gasteiger partial charge is 0.150 e. The van der Waals surface area contributed by atoms with Gasteiger partial charge in [-0.2, -0.15) is 0 Å². The van der Waals surface area contributed by atoms with Crippen LogP contribution in [0.5, 0.6) is 0 Å². The first-order chi connectivity index (χ1) is 9.64. The maximum atomic E-state index is 11.5. The molecule has 0 aliphatic heterocycles. The zero-order valence-corrected chi connectivity index (χ0v) is 14.2. The summed E-state index contributed by atoms with van der Waals surface area (Å²) in [5.41, 5.74) is 0. The molecular formula is C17H34O2S. The lowest BCUT2D eigenvalue weighted by molar-refractivity contribution is 0.286. The third-order valence-corrected chi connectivity index (χ3v) is 6.50. The Labute approximate surface area is 126 Å². The van der Waals surface area contributed by atoms with Gasteiger partial charge in [0.2, 0.25) is 0 Å². The molecule has 0 saturated heterocycles. The lowest BCUT2D eigenvalue weighted by Crippen LogP contribution is -2.10. The van der Waals surface area contributed by atoms with E-state index in [9.17, 15) is 8.42 Å². The molecule has 3 heteroatoms. The third-order valence-electron chi connectivity index (χ3n) is 4.56. The van der Waals surface area contributed by atoms with Crippen LogP contribution in [-0.2, 0) is 9.84 Å². The zero-order chi connectivity index (χ0) is 14.7. The molecule has 1 rings (SSSR count). The molecule has 0 aromatic carbocycles. The van der Waals surface area contributed by atoms with Crippen LogP contribution in [0, 0.1) is 5.92 Å². The molecule has 0 aromatic heterocycles. The minimum absolute atomic E-state index is 0.369. The van der Waals surface area contributed by atoms with Crippen LogP contribution in [-0.4, -0.2) is 19.9 Å². The van der Waals surface area contributed by atoms with Crippen LogP contribution in [0.1, 0.15) is 90.4 Å². The van der Waals surface area contributed by atoms with Gasteiger partial charge < -0.3 is 0 Å². The van der Waals surface area contributed by atoms with E-state index in [0.717, 1.165) is 25.2 Å². The molecule has 0 radical (unpaired) electrons. The van der Waals surface area contributed by atoms with Crippen LogP contribution in [0.4, 0.5) is 0 Å². The Morgan fingerprint density at radius 2 is 1.35 bits per heavy atom. The minimum atomic E-state index is -2.74. The van der Waals surface area contributed by atoms with Crippen molar-refractivity contribution in [3.05, 3.63) is 0 Å². The molecule has 1 aliphatic rings. The summed E-state index contributed by atoms with van der Waals surface area (Å²) in [7, 11) is -2.74. The highest BCUT2D eigenvalue weighted by Gasteiger charge is 2.15. The van der Waals surface area contributed by atoms with Gasteiger partial charge in [-0.1, -0.05) is 77.6 Å². The predicted octanol–water partition coefficient (Wildman–Crippen LogP) is 5.12. The van der Waals surface area contributed by atoms with E-state index in [1.165, 1.54) is 64.2 Å². The van der Waals surface area contributed by atoms with E-state index >= 15 is 0 Å². The predicted molar refractivity (Wildman–Crippen MR) is 87.8 cm³/mol. The lowest BCUT2D eigenvalue weighted by atomic mass is 9.81. The first-order valence-electron chi connectivity index (χ1n) is 8.84. The molecule has 20 heavy (non-hydrogen) atoms. The Morgan fingerprint density at radius 1 is 0.800 bits per heavy atom. The Bertz CT molecular complexity index is 318. The molecule has 0 heterocycles. The maximum absolute atomic E-state index is 11.5. The number of sulfone groups is 1. The van der Waals surface area contributed by atoms with Gasteiger partial charge in [0, 0.05) is 5.75 Å². The van der Waals surface area contributed by atoms with Crippen molar-refractivity contribution in [2.45, 2.75) is 90.4 Å². The Balaban J connectivity index is 1.78. The Kier molecular flexibility index (Phi) is 9.58. The summed E-state index contributed by atoms with van der Waals surface area (Å²) in [5.74, 6) is 1.84. The fraction of sp³-hybridized carbons (Fsp3) is 1.00. The first-order valence-corrected chi connectivity index (χ1v) is 10.7. The van der Waals surface area contributed by atoms with Gasteiger partial charge in [0.25, 0.3) is 0 Å². The number of rotatable bonds is 13. The van der Waals surface area contributed by atoms with Crippen molar-refractivity contribution in [3.63, 3.8) is 0 Å². The molecule has 0 unspecified atom stereocenters. The summed E-state index contributed by atoms with van der Waals surface area (Å²) < 4.78 is 23.0. The molecule has 0 amide bonds. The van der Waals surface area contributed by atoms with Gasteiger partial charge in [-0.15, -0.1) is 0 Å². The average Bonchev–Trinajstić information content (AvgIpc) is 2.33. The Hall–Kier alpha value is -0.0500. The van der Waals surface area contributed by atoms with Crippen molar-refractivity contribution >= 4 is 9.84 Å². The van der Waals surface area contributed by atoms with Crippen molar-refractivity contribution in [2.75, 3.05) is 11.5 Å². The molecule has 2 nitrogen and oxygen atoms in total. The highest BCUT2D eigenvalue weighted by molar-refractivity contribution is 7.91. The van der Waals surface area contributed by atoms with Gasteiger partial charge in [-0.25, -0.2) is 8.42 Å². The number of unbranched alkanes of at least 4 members (excludes halogenated alkanes) is 7. The average molecular weight is 303 g/mol. The third kappa shape index (κ3) is 8.99. The van der Waals surface area contributed by atoms with Gasteiger partial charge in [0.05, 0.1) is 5.75 Å². The van der Waals surface area contributed by atoms with Crippen LogP contribution in [0.3, 0.4) is 0 Å². The fourth-order valence-corrected chi connectivity index (χ4v) is 4.48. The monoisotopic (exact) mass is 302 g/mol. The van der Waals surface area contributed by atoms with E-state index < -0.39 is 9.84 Å². The SMILES string of the molecule is CCCS(=O)(=O)CCCCCCCCCCC1CCC1. The normalized spacial score (nSPS) is 16.2. The molecule has 0 bridgehead atoms. The molecule has 1 aliphatic carbocycles. The van der Waals surface area contributed by atoms with Crippen LogP contribution < -0.4 is 0 Å². The van der Waals surface area contributed by atoms with Gasteiger partial charge in [-0.3, -0.25) is 0 Å². The molecule has 0 spiro atoms. The molecule has 1 saturated carbocycles.